The van der Waals surface area contributed by atoms with E-state index < -0.39 is 6.04 Å². The number of rotatable bonds is 7. The molecule has 2 atom stereocenters. The van der Waals surface area contributed by atoms with Crippen molar-refractivity contribution in [3.05, 3.63) is 65.7 Å². The fourth-order valence-corrected chi connectivity index (χ4v) is 2.59. The normalized spacial score (nSPS) is 12.6. The number of benzene rings is 2. The largest absolute Gasteiger partial charge is 0.355 e. The van der Waals surface area contributed by atoms with Crippen molar-refractivity contribution in [2.75, 3.05) is 12.4 Å². The van der Waals surface area contributed by atoms with Crippen molar-refractivity contribution in [2.45, 2.75) is 26.3 Å². The fraction of sp³-hybridized carbons (Fsp3) is 0.286. The second kappa shape index (κ2) is 9.52. The molecular weight excluding hydrogens is 342 g/mol. The van der Waals surface area contributed by atoms with E-state index in [2.05, 4.69) is 16.0 Å². The van der Waals surface area contributed by atoms with Gasteiger partial charge in [0.15, 0.2) is 0 Å². The molecule has 6 nitrogen and oxygen atoms in total. The molecule has 0 aromatic heterocycles. The summed E-state index contributed by atoms with van der Waals surface area (Å²) in [6.07, 6.45) is 0.739. The van der Waals surface area contributed by atoms with Crippen LogP contribution in [0.25, 0.3) is 0 Å². The van der Waals surface area contributed by atoms with Crippen LogP contribution in [-0.4, -0.2) is 30.8 Å². The Kier molecular flexibility index (Phi) is 7.11. The lowest BCUT2D eigenvalue weighted by atomic mass is 9.97. The minimum atomic E-state index is -0.665. The number of anilines is 1. The van der Waals surface area contributed by atoms with Gasteiger partial charge in [0.2, 0.25) is 5.91 Å². The molecule has 0 radical (unpaired) electrons. The summed E-state index contributed by atoms with van der Waals surface area (Å²) in [7, 11) is 1.56. The quantitative estimate of drug-likeness (QED) is 0.703. The zero-order valence-electron chi connectivity index (χ0n) is 15.8. The molecule has 0 saturated carbocycles. The van der Waals surface area contributed by atoms with Gasteiger partial charge >= 0.3 is 0 Å². The molecular formula is C21H25N3O3. The smallest absolute Gasteiger partial charge is 0.251 e. The standard InChI is InChI=1S/C21H25N3O3/c1-4-14(2)18(24-20(26)15-8-6-5-7-9-15)21(27)23-17-12-10-16(11-13-17)19(25)22-3/h5-14,18H,4H2,1-3H3,(H,22,25)(H,23,27)(H,24,26). The minimum absolute atomic E-state index is 0.0391. The van der Waals surface area contributed by atoms with Crippen LogP contribution in [0.15, 0.2) is 54.6 Å². The lowest BCUT2D eigenvalue weighted by molar-refractivity contribution is -0.119. The maximum Gasteiger partial charge on any atom is 0.251 e. The van der Waals surface area contributed by atoms with E-state index >= 15 is 0 Å². The van der Waals surface area contributed by atoms with Gasteiger partial charge in [0.1, 0.15) is 6.04 Å². The fourth-order valence-electron chi connectivity index (χ4n) is 2.59. The molecule has 0 spiro atoms. The molecule has 0 heterocycles. The van der Waals surface area contributed by atoms with E-state index in [1.165, 1.54) is 0 Å². The number of nitrogens with one attached hydrogen (secondary N) is 3. The Balaban J connectivity index is 2.10. The SMILES string of the molecule is CCC(C)C(NC(=O)c1ccccc1)C(=O)Nc1ccc(C(=O)NC)cc1. The average molecular weight is 367 g/mol. The summed E-state index contributed by atoms with van der Waals surface area (Å²) in [5, 5.41) is 8.19. The highest BCUT2D eigenvalue weighted by atomic mass is 16.2. The van der Waals surface area contributed by atoms with Crippen molar-refractivity contribution in [3.63, 3.8) is 0 Å². The first-order valence-electron chi connectivity index (χ1n) is 8.95. The average Bonchev–Trinajstić information content (AvgIpc) is 2.71. The first kappa shape index (κ1) is 20.2. The highest BCUT2D eigenvalue weighted by Gasteiger charge is 2.26. The third-order valence-corrected chi connectivity index (χ3v) is 4.46. The van der Waals surface area contributed by atoms with E-state index in [9.17, 15) is 14.4 Å². The first-order chi connectivity index (χ1) is 13.0. The van der Waals surface area contributed by atoms with Crippen molar-refractivity contribution >= 4 is 23.4 Å². The van der Waals surface area contributed by atoms with Crippen molar-refractivity contribution in [1.82, 2.24) is 10.6 Å². The van der Waals surface area contributed by atoms with Gasteiger partial charge in [-0.05, 0) is 42.3 Å². The van der Waals surface area contributed by atoms with E-state index in [0.29, 0.717) is 16.8 Å². The van der Waals surface area contributed by atoms with Crippen LogP contribution < -0.4 is 16.0 Å². The van der Waals surface area contributed by atoms with Gasteiger partial charge in [0, 0.05) is 23.9 Å². The van der Waals surface area contributed by atoms with Gasteiger partial charge in [-0.25, -0.2) is 0 Å². The van der Waals surface area contributed by atoms with E-state index in [-0.39, 0.29) is 23.6 Å². The second-order valence-electron chi connectivity index (χ2n) is 6.35. The van der Waals surface area contributed by atoms with E-state index in [1.807, 2.05) is 19.9 Å². The molecule has 0 aliphatic rings. The van der Waals surface area contributed by atoms with Gasteiger partial charge in [0.25, 0.3) is 11.8 Å². The number of carbonyl (C=O) groups is 3. The van der Waals surface area contributed by atoms with Crippen LogP contribution >= 0.6 is 0 Å². The van der Waals surface area contributed by atoms with Crippen molar-refractivity contribution in [3.8, 4) is 0 Å². The second-order valence-corrected chi connectivity index (χ2v) is 6.35. The van der Waals surface area contributed by atoms with Gasteiger partial charge in [-0.1, -0.05) is 38.5 Å². The summed E-state index contributed by atoms with van der Waals surface area (Å²) in [5.41, 5.74) is 1.58. The predicted molar refractivity (Wildman–Crippen MR) is 106 cm³/mol. The van der Waals surface area contributed by atoms with E-state index in [0.717, 1.165) is 6.42 Å². The molecule has 0 bridgehead atoms. The topological polar surface area (TPSA) is 87.3 Å². The Labute approximate surface area is 159 Å². The Morgan fingerprint density at radius 3 is 2.04 bits per heavy atom. The number of carbonyl (C=O) groups excluding carboxylic acids is 3. The Morgan fingerprint density at radius 2 is 1.48 bits per heavy atom. The van der Waals surface area contributed by atoms with Gasteiger partial charge in [-0.3, -0.25) is 14.4 Å². The van der Waals surface area contributed by atoms with Crippen LogP contribution in [0.1, 0.15) is 41.0 Å². The summed E-state index contributed by atoms with van der Waals surface area (Å²) in [5.74, 6) is -0.810. The molecule has 2 aromatic carbocycles. The summed E-state index contributed by atoms with van der Waals surface area (Å²) < 4.78 is 0. The molecule has 0 aliphatic carbocycles. The maximum absolute atomic E-state index is 12.7. The molecule has 0 fully saturated rings. The van der Waals surface area contributed by atoms with Gasteiger partial charge in [-0.15, -0.1) is 0 Å². The summed E-state index contributed by atoms with van der Waals surface area (Å²) in [6.45, 7) is 3.89. The number of amides is 3. The lowest BCUT2D eigenvalue weighted by Crippen LogP contribution is -2.47. The van der Waals surface area contributed by atoms with Crippen molar-refractivity contribution < 1.29 is 14.4 Å². The molecule has 27 heavy (non-hydrogen) atoms. The molecule has 2 unspecified atom stereocenters. The van der Waals surface area contributed by atoms with Crippen LogP contribution in [0.3, 0.4) is 0 Å². The molecule has 2 aromatic rings. The zero-order chi connectivity index (χ0) is 19.8. The maximum atomic E-state index is 12.7. The van der Waals surface area contributed by atoms with Gasteiger partial charge in [0.05, 0.1) is 0 Å². The molecule has 142 valence electrons. The third kappa shape index (κ3) is 5.41. The Hall–Kier alpha value is -3.15. The number of hydrogen-bond donors (Lipinski definition) is 3. The molecule has 0 saturated heterocycles. The van der Waals surface area contributed by atoms with Crippen LogP contribution in [0.2, 0.25) is 0 Å². The van der Waals surface area contributed by atoms with Gasteiger partial charge in [-0.2, -0.15) is 0 Å². The van der Waals surface area contributed by atoms with Crippen LogP contribution in [0.4, 0.5) is 5.69 Å². The highest BCUT2D eigenvalue weighted by Crippen LogP contribution is 2.14. The van der Waals surface area contributed by atoms with E-state index in [1.54, 1.807) is 55.6 Å². The highest BCUT2D eigenvalue weighted by molar-refractivity contribution is 6.01. The summed E-state index contributed by atoms with van der Waals surface area (Å²) >= 11 is 0. The van der Waals surface area contributed by atoms with Crippen molar-refractivity contribution in [2.24, 2.45) is 5.92 Å². The van der Waals surface area contributed by atoms with E-state index in [4.69, 9.17) is 0 Å². The Bertz CT molecular complexity index is 788. The predicted octanol–water partition coefficient (Wildman–Crippen LogP) is 2.83. The minimum Gasteiger partial charge on any atom is -0.355 e. The Morgan fingerprint density at radius 1 is 0.889 bits per heavy atom. The molecule has 3 amide bonds. The number of hydrogen-bond acceptors (Lipinski definition) is 3. The zero-order valence-corrected chi connectivity index (χ0v) is 15.8. The molecule has 0 aliphatic heterocycles. The monoisotopic (exact) mass is 367 g/mol. The summed E-state index contributed by atoms with van der Waals surface area (Å²) in [6, 6.07) is 14.7. The molecule has 3 N–H and O–H groups in total. The van der Waals surface area contributed by atoms with Crippen LogP contribution in [-0.2, 0) is 4.79 Å². The lowest BCUT2D eigenvalue weighted by Gasteiger charge is -2.23. The molecule has 2 rings (SSSR count). The first-order valence-corrected chi connectivity index (χ1v) is 8.95. The van der Waals surface area contributed by atoms with Crippen molar-refractivity contribution in [1.29, 1.82) is 0 Å². The summed E-state index contributed by atoms with van der Waals surface area (Å²) in [4.78, 5) is 36.8. The van der Waals surface area contributed by atoms with Crippen LogP contribution in [0.5, 0.6) is 0 Å². The third-order valence-electron chi connectivity index (χ3n) is 4.46. The van der Waals surface area contributed by atoms with Gasteiger partial charge < -0.3 is 16.0 Å². The molecule has 6 heteroatoms. The van der Waals surface area contributed by atoms with Crippen LogP contribution in [0, 0.1) is 5.92 Å².